The summed E-state index contributed by atoms with van der Waals surface area (Å²) in [6, 6.07) is 5.19. The van der Waals surface area contributed by atoms with Gasteiger partial charge in [0.25, 0.3) is 0 Å². The van der Waals surface area contributed by atoms with Crippen molar-refractivity contribution in [1.82, 2.24) is 4.31 Å². The van der Waals surface area contributed by atoms with Gasteiger partial charge in [-0.2, -0.15) is 16.1 Å². The van der Waals surface area contributed by atoms with Crippen molar-refractivity contribution in [3.05, 3.63) is 23.8 Å². The summed E-state index contributed by atoms with van der Waals surface area (Å²) < 4.78 is 26.9. The molecule has 1 aliphatic heterocycles. The number of benzene rings is 1. The number of thioether (sulfide) groups is 1. The molecule has 140 valence electrons. The van der Waals surface area contributed by atoms with Crippen molar-refractivity contribution in [2.45, 2.75) is 44.9 Å². The quantitative estimate of drug-likeness (QED) is 0.646. The summed E-state index contributed by atoms with van der Waals surface area (Å²) in [6.07, 6.45) is 2.73. The number of sulfonamides is 1. The second kappa shape index (κ2) is 9.05. The van der Waals surface area contributed by atoms with Crippen LogP contribution in [0.25, 0.3) is 0 Å². The van der Waals surface area contributed by atoms with Crippen molar-refractivity contribution in [2.75, 3.05) is 36.0 Å². The third kappa shape index (κ3) is 4.57. The predicted molar refractivity (Wildman–Crippen MR) is 105 cm³/mol. The third-order valence-electron chi connectivity index (χ3n) is 4.39. The van der Waals surface area contributed by atoms with Crippen LogP contribution in [0, 0.1) is 0 Å². The molecule has 0 bridgehead atoms. The van der Waals surface area contributed by atoms with Crippen LogP contribution in [0.5, 0.6) is 0 Å². The first-order valence-corrected chi connectivity index (χ1v) is 11.6. The molecule has 7 heteroatoms. The molecule has 0 saturated carbocycles. The van der Waals surface area contributed by atoms with Crippen LogP contribution < -0.4 is 4.90 Å². The van der Waals surface area contributed by atoms with Crippen LogP contribution >= 0.6 is 11.8 Å². The molecular formula is C18H28N2O3S2. The Morgan fingerprint density at radius 2 is 1.96 bits per heavy atom. The first-order valence-electron chi connectivity index (χ1n) is 8.96. The van der Waals surface area contributed by atoms with Gasteiger partial charge in [-0.15, -0.1) is 0 Å². The minimum absolute atomic E-state index is 0.110. The molecule has 0 spiro atoms. The fourth-order valence-corrected chi connectivity index (χ4v) is 5.36. The van der Waals surface area contributed by atoms with Crippen LogP contribution in [0.2, 0.25) is 0 Å². The highest BCUT2D eigenvalue weighted by Crippen LogP contribution is 2.31. The number of amides is 1. The Bertz CT molecular complexity index is 700. The van der Waals surface area contributed by atoms with Gasteiger partial charge in [0, 0.05) is 25.3 Å². The van der Waals surface area contributed by atoms with Gasteiger partial charge >= 0.3 is 0 Å². The summed E-state index contributed by atoms with van der Waals surface area (Å²) in [7, 11) is -3.46. The van der Waals surface area contributed by atoms with E-state index in [0.29, 0.717) is 30.3 Å². The molecule has 0 aromatic heterocycles. The summed E-state index contributed by atoms with van der Waals surface area (Å²) in [5.74, 6) is 1.57. The predicted octanol–water partition coefficient (Wildman–Crippen LogP) is 3.14. The number of fused-ring (bicyclic) bond motifs is 1. The van der Waals surface area contributed by atoms with Crippen LogP contribution in [0.1, 0.15) is 39.2 Å². The molecule has 0 saturated heterocycles. The fraction of sp³-hybridized carbons (Fsp3) is 0.611. The van der Waals surface area contributed by atoms with E-state index in [1.165, 1.54) is 4.31 Å². The molecule has 1 aromatic carbocycles. The number of carbonyl (C=O) groups is 1. The standard InChI is InChI=1S/C18H28N2O3S2/c1-4-12-24-14-18(21)20-11-7-8-15-13-16(9-10-17(15)20)25(22,23)19(5-2)6-3/h9-10,13H,4-8,11-12,14H2,1-3H3. The normalized spacial score (nSPS) is 14.6. The Labute approximate surface area is 155 Å². The maximum atomic E-state index is 12.7. The molecule has 0 fully saturated rings. The number of rotatable bonds is 8. The van der Waals surface area contributed by atoms with Gasteiger partial charge in [0.1, 0.15) is 0 Å². The van der Waals surface area contributed by atoms with Gasteiger partial charge in [0.05, 0.1) is 10.6 Å². The highest BCUT2D eigenvalue weighted by atomic mass is 32.2. The minimum atomic E-state index is -3.46. The molecule has 0 unspecified atom stereocenters. The van der Waals surface area contributed by atoms with E-state index >= 15 is 0 Å². The van der Waals surface area contributed by atoms with Crippen molar-refractivity contribution >= 4 is 33.4 Å². The van der Waals surface area contributed by atoms with Crippen molar-refractivity contribution in [3.8, 4) is 0 Å². The van der Waals surface area contributed by atoms with Gasteiger partial charge in [0.15, 0.2) is 0 Å². The van der Waals surface area contributed by atoms with Crippen molar-refractivity contribution < 1.29 is 13.2 Å². The van der Waals surface area contributed by atoms with E-state index in [2.05, 4.69) is 6.92 Å². The van der Waals surface area contributed by atoms with Gasteiger partial charge in [0.2, 0.25) is 15.9 Å². The van der Waals surface area contributed by atoms with Gasteiger partial charge in [-0.25, -0.2) is 8.42 Å². The lowest BCUT2D eigenvalue weighted by molar-refractivity contribution is -0.116. The topological polar surface area (TPSA) is 57.7 Å². The summed E-state index contributed by atoms with van der Waals surface area (Å²) in [4.78, 5) is 14.6. The Morgan fingerprint density at radius 3 is 2.60 bits per heavy atom. The van der Waals surface area contributed by atoms with Gasteiger partial charge in [-0.05, 0) is 48.8 Å². The van der Waals surface area contributed by atoms with Gasteiger partial charge in [-0.1, -0.05) is 20.8 Å². The van der Waals surface area contributed by atoms with E-state index in [1.54, 1.807) is 30.0 Å². The van der Waals surface area contributed by atoms with Crippen molar-refractivity contribution in [3.63, 3.8) is 0 Å². The molecular weight excluding hydrogens is 356 g/mol. The highest BCUT2D eigenvalue weighted by Gasteiger charge is 2.26. The van der Waals surface area contributed by atoms with Crippen LogP contribution in [-0.2, 0) is 21.2 Å². The Hall–Kier alpha value is -1.05. The van der Waals surface area contributed by atoms with Crippen LogP contribution in [-0.4, -0.2) is 49.8 Å². The number of nitrogens with zero attached hydrogens (tertiary/aromatic N) is 2. The van der Waals surface area contributed by atoms with Gasteiger partial charge in [-0.3, -0.25) is 4.79 Å². The lowest BCUT2D eigenvalue weighted by Crippen LogP contribution is -2.37. The first-order chi connectivity index (χ1) is 12.0. The highest BCUT2D eigenvalue weighted by molar-refractivity contribution is 7.99. The number of anilines is 1. The number of aryl methyl sites for hydroxylation is 1. The smallest absolute Gasteiger partial charge is 0.243 e. The first kappa shape index (κ1) is 20.3. The van der Waals surface area contributed by atoms with E-state index in [4.69, 9.17) is 0 Å². The van der Waals surface area contributed by atoms with Crippen LogP contribution in [0.4, 0.5) is 5.69 Å². The Kier molecular flexibility index (Phi) is 7.34. The second-order valence-corrected chi connectivity index (χ2v) is 9.12. The van der Waals surface area contributed by atoms with Crippen LogP contribution in [0.15, 0.2) is 23.1 Å². The Morgan fingerprint density at radius 1 is 1.24 bits per heavy atom. The van der Waals surface area contributed by atoms with Crippen molar-refractivity contribution in [2.24, 2.45) is 0 Å². The SMILES string of the molecule is CCCSCC(=O)N1CCCc2cc(S(=O)(=O)N(CC)CC)ccc21. The van der Waals surface area contributed by atoms with Crippen LogP contribution in [0.3, 0.4) is 0 Å². The number of hydrogen-bond acceptors (Lipinski definition) is 4. The second-order valence-electron chi connectivity index (χ2n) is 6.08. The minimum Gasteiger partial charge on any atom is -0.311 e. The molecule has 0 aliphatic carbocycles. The molecule has 1 heterocycles. The lowest BCUT2D eigenvalue weighted by atomic mass is 10.0. The van der Waals surface area contributed by atoms with E-state index in [0.717, 1.165) is 36.3 Å². The zero-order chi connectivity index (χ0) is 18.4. The molecule has 25 heavy (non-hydrogen) atoms. The summed E-state index contributed by atoms with van der Waals surface area (Å²) in [5, 5.41) is 0. The van der Waals surface area contributed by atoms with E-state index in [9.17, 15) is 13.2 Å². The monoisotopic (exact) mass is 384 g/mol. The summed E-state index contributed by atoms with van der Waals surface area (Å²) >= 11 is 1.65. The average molecular weight is 385 g/mol. The van der Waals surface area contributed by atoms with Gasteiger partial charge < -0.3 is 4.90 Å². The molecule has 1 aliphatic rings. The number of carbonyl (C=O) groups excluding carboxylic acids is 1. The van der Waals surface area contributed by atoms with E-state index in [1.807, 2.05) is 18.7 Å². The van der Waals surface area contributed by atoms with E-state index < -0.39 is 10.0 Å². The maximum absolute atomic E-state index is 12.7. The van der Waals surface area contributed by atoms with Crippen molar-refractivity contribution in [1.29, 1.82) is 0 Å². The molecule has 5 nitrogen and oxygen atoms in total. The number of hydrogen-bond donors (Lipinski definition) is 0. The average Bonchev–Trinajstić information content (AvgIpc) is 2.61. The Balaban J connectivity index is 2.26. The zero-order valence-corrected chi connectivity index (χ0v) is 17.0. The van der Waals surface area contributed by atoms with E-state index in [-0.39, 0.29) is 5.91 Å². The summed E-state index contributed by atoms with van der Waals surface area (Å²) in [6.45, 7) is 7.40. The largest absolute Gasteiger partial charge is 0.311 e. The molecule has 0 N–H and O–H groups in total. The molecule has 0 radical (unpaired) electrons. The molecule has 1 amide bonds. The zero-order valence-electron chi connectivity index (χ0n) is 15.3. The molecule has 2 rings (SSSR count). The fourth-order valence-electron chi connectivity index (χ4n) is 3.09. The summed E-state index contributed by atoms with van der Waals surface area (Å²) in [5.41, 5.74) is 1.82. The lowest BCUT2D eigenvalue weighted by Gasteiger charge is -2.30. The molecule has 1 aromatic rings. The third-order valence-corrected chi connectivity index (χ3v) is 7.58. The molecule has 0 atom stereocenters. The maximum Gasteiger partial charge on any atom is 0.243 e.